The van der Waals surface area contributed by atoms with Crippen LogP contribution in [0.25, 0.3) is 17.0 Å². The van der Waals surface area contributed by atoms with Crippen molar-refractivity contribution in [3.05, 3.63) is 78.0 Å². The molecule has 0 amide bonds. The van der Waals surface area contributed by atoms with Crippen LogP contribution in [0.5, 0.6) is 0 Å². The van der Waals surface area contributed by atoms with Gasteiger partial charge in [0, 0.05) is 17.8 Å². The van der Waals surface area contributed by atoms with Crippen LogP contribution in [-0.4, -0.2) is 4.57 Å². The highest BCUT2D eigenvalue weighted by Gasteiger charge is 2.02. The Morgan fingerprint density at radius 3 is 2.53 bits per heavy atom. The van der Waals surface area contributed by atoms with Crippen molar-refractivity contribution in [1.29, 1.82) is 0 Å². The molecule has 2 aromatic carbocycles. The predicted molar refractivity (Wildman–Crippen MR) is 82.2 cm³/mol. The Hall–Kier alpha value is -2.28. The summed E-state index contributed by atoms with van der Waals surface area (Å²) >= 11 is 0. The summed E-state index contributed by atoms with van der Waals surface area (Å²) in [4.78, 5) is 0. The lowest BCUT2D eigenvalue weighted by molar-refractivity contribution is 0.830. The van der Waals surface area contributed by atoms with E-state index >= 15 is 0 Å². The van der Waals surface area contributed by atoms with Crippen LogP contribution in [-0.2, 0) is 6.54 Å². The monoisotopic (exact) mass is 247 g/mol. The second kappa shape index (κ2) is 5.15. The van der Waals surface area contributed by atoms with Gasteiger partial charge in [0.2, 0.25) is 0 Å². The minimum absolute atomic E-state index is 0.911. The molecule has 0 saturated heterocycles. The highest BCUT2D eigenvalue weighted by molar-refractivity contribution is 5.81. The van der Waals surface area contributed by atoms with Crippen LogP contribution < -0.4 is 0 Å². The van der Waals surface area contributed by atoms with Gasteiger partial charge in [0.1, 0.15) is 0 Å². The van der Waals surface area contributed by atoms with Crippen molar-refractivity contribution in [1.82, 2.24) is 4.57 Å². The molecular formula is C18H17N. The van der Waals surface area contributed by atoms with Crippen LogP contribution in [0.1, 0.15) is 11.3 Å². The van der Waals surface area contributed by atoms with Crippen molar-refractivity contribution >= 4 is 17.0 Å². The molecular weight excluding hydrogens is 230 g/mol. The molecule has 0 fully saturated rings. The molecule has 0 radical (unpaired) electrons. The van der Waals surface area contributed by atoms with Crippen LogP contribution >= 0.6 is 0 Å². The standard InChI is InChI=1S/C18H17N/c1-15-14-17-11-5-6-12-18(17)19(15)13-7-10-16-8-3-2-4-9-16/h2-12,14H,13H2,1H3. The Balaban J connectivity index is 1.86. The third kappa shape index (κ3) is 2.45. The largest absolute Gasteiger partial charge is 0.341 e. The highest BCUT2D eigenvalue weighted by Crippen LogP contribution is 2.19. The van der Waals surface area contributed by atoms with E-state index in [1.807, 2.05) is 6.07 Å². The van der Waals surface area contributed by atoms with E-state index in [9.17, 15) is 0 Å². The van der Waals surface area contributed by atoms with Gasteiger partial charge in [-0.3, -0.25) is 0 Å². The van der Waals surface area contributed by atoms with E-state index in [0.717, 1.165) is 6.54 Å². The summed E-state index contributed by atoms with van der Waals surface area (Å²) in [6.45, 7) is 3.07. The average molecular weight is 247 g/mol. The fraction of sp³-hybridized carbons (Fsp3) is 0.111. The first-order valence-corrected chi connectivity index (χ1v) is 6.61. The van der Waals surface area contributed by atoms with E-state index in [4.69, 9.17) is 0 Å². The topological polar surface area (TPSA) is 4.93 Å². The van der Waals surface area contributed by atoms with Crippen molar-refractivity contribution in [2.45, 2.75) is 13.5 Å². The van der Waals surface area contributed by atoms with Gasteiger partial charge >= 0.3 is 0 Å². The van der Waals surface area contributed by atoms with Crippen molar-refractivity contribution in [2.24, 2.45) is 0 Å². The van der Waals surface area contributed by atoms with E-state index in [1.165, 1.54) is 22.2 Å². The van der Waals surface area contributed by atoms with Gasteiger partial charge in [0.05, 0.1) is 0 Å². The molecule has 0 aliphatic carbocycles. The van der Waals surface area contributed by atoms with Crippen LogP contribution in [0.3, 0.4) is 0 Å². The van der Waals surface area contributed by atoms with Crippen LogP contribution in [0.4, 0.5) is 0 Å². The minimum Gasteiger partial charge on any atom is -0.341 e. The zero-order valence-corrected chi connectivity index (χ0v) is 11.1. The summed E-state index contributed by atoms with van der Waals surface area (Å²) in [6.07, 6.45) is 4.39. The smallest absolute Gasteiger partial charge is 0.0485 e. The number of hydrogen-bond donors (Lipinski definition) is 0. The normalized spacial score (nSPS) is 11.4. The molecule has 1 aromatic heterocycles. The third-order valence-corrected chi connectivity index (χ3v) is 3.42. The third-order valence-electron chi connectivity index (χ3n) is 3.42. The number of benzene rings is 2. The van der Waals surface area contributed by atoms with Gasteiger partial charge in [0.25, 0.3) is 0 Å². The maximum atomic E-state index is 2.34. The zero-order chi connectivity index (χ0) is 13.1. The Bertz CT molecular complexity index is 705. The molecule has 0 N–H and O–H groups in total. The minimum atomic E-state index is 0.911. The molecule has 1 nitrogen and oxygen atoms in total. The predicted octanol–water partition coefficient (Wildman–Crippen LogP) is 4.66. The number of rotatable bonds is 3. The summed E-state index contributed by atoms with van der Waals surface area (Å²) in [5.41, 5.74) is 3.85. The van der Waals surface area contributed by atoms with Gasteiger partial charge in [-0.15, -0.1) is 0 Å². The van der Waals surface area contributed by atoms with Gasteiger partial charge in [-0.25, -0.2) is 0 Å². The molecule has 0 atom stereocenters. The van der Waals surface area contributed by atoms with Crippen molar-refractivity contribution < 1.29 is 0 Å². The molecule has 3 rings (SSSR count). The number of fused-ring (bicyclic) bond motifs is 1. The van der Waals surface area contributed by atoms with E-state index in [2.05, 4.69) is 78.2 Å². The van der Waals surface area contributed by atoms with Crippen molar-refractivity contribution in [2.75, 3.05) is 0 Å². The number of para-hydroxylation sites is 1. The molecule has 94 valence electrons. The Morgan fingerprint density at radius 1 is 0.947 bits per heavy atom. The maximum Gasteiger partial charge on any atom is 0.0485 e. The Kier molecular flexibility index (Phi) is 3.20. The average Bonchev–Trinajstić information content (AvgIpc) is 2.76. The lowest BCUT2D eigenvalue weighted by Crippen LogP contribution is -1.96. The van der Waals surface area contributed by atoms with Crippen LogP contribution in [0.15, 0.2) is 66.7 Å². The second-order valence-electron chi connectivity index (χ2n) is 4.77. The second-order valence-corrected chi connectivity index (χ2v) is 4.77. The maximum absolute atomic E-state index is 2.34. The number of aromatic nitrogens is 1. The summed E-state index contributed by atoms with van der Waals surface area (Å²) < 4.78 is 2.34. The first-order chi connectivity index (χ1) is 9.34. The summed E-state index contributed by atoms with van der Waals surface area (Å²) in [7, 11) is 0. The number of aryl methyl sites for hydroxylation is 1. The van der Waals surface area contributed by atoms with Gasteiger partial charge in [-0.2, -0.15) is 0 Å². The van der Waals surface area contributed by atoms with Crippen molar-refractivity contribution in [3.63, 3.8) is 0 Å². The molecule has 0 bridgehead atoms. The molecule has 0 aliphatic rings. The van der Waals surface area contributed by atoms with E-state index in [1.54, 1.807) is 0 Å². The van der Waals surface area contributed by atoms with E-state index in [0.29, 0.717) is 0 Å². The highest BCUT2D eigenvalue weighted by atomic mass is 15.0. The first-order valence-electron chi connectivity index (χ1n) is 6.61. The van der Waals surface area contributed by atoms with E-state index < -0.39 is 0 Å². The molecule has 3 aromatic rings. The summed E-state index contributed by atoms with van der Waals surface area (Å²) in [6, 6.07) is 21.2. The molecule has 0 saturated carbocycles. The number of hydrogen-bond acceptors (Lipinski definition) is 0. The SMILES string of the molecule is Cc1cc2ccccc2n1CC=Cc1ccccc1. The zero-order valence-electron chi connectivity index (χ0n) is 11.1. The van der Waals surface area contributed by atoms with Gasteiger partial charge in [-0.1, -0.05) is 60.7 Å². The van der Waals surface area contributed by atoms with Crippen molar-refractivity contribution in [3.8, 4) is 0 Å². The molecule has 0 aliphatic heterocycles. The van der Waals surface area contributed by atoms with Gasteiger partial charge in [-0.05, 0) is 30.0 Å². The lowest BCUT2D eigenvalue weighted by atomic mass is 10.2. The summed E-state index contributed by atoms with van der Waals surface area (Å²) in [5.74, 6) is 0. The Morgan fingerprint density at radius 2 is 1.68 bits per heavy atom. The molecule has 0 unspecified atom stereocenters. The first kappa shape index (κ1) is 11.8. The fourth-order valence-electron chi connectivity index (χ4n) is 2.45. The molecule has 1 heterocycles. The molecule has 1 heteroatoms. The van der Waals surface area contributed by atoms with Gasteiger partial charge in [0.15, 0.2) is 0 Å². The van der Waals surface area contributed by atoms with E-state index in [-0.39, 0.29) is 0 Å². The molecule has 0 spiro atoms. The van der Waals surface area contributed by atoms with Gasteiger partial charge < -0.3 is 4.57 Å². The fourth-order valence-corrected chi connectivity index (χ4v) is 2.45. The van der Waals surface area contributed by atoms with Crippen LogP contribution in [0.2, 0.25) is 0 Å². The quantitative estimate of drug-likeness (QED) is 0.634. The number of allylic oxidation sites excluding steroid dienone is 1. The van der Waals surface area contributed by atoms with Crippen LogP contribution in [0, 0.1) is 6.92 Å². The molecule has 19 heavy (non-hydrogen) atoms. The lowest BCUT2D eigenvalue weighted by Gasteiger charge is -2.04. The Labute approximate surface area is 113 Å². The number of nitrogens with zero attached hydrogens (tertiary/aromatic N) is 1. The summed E-state index contributed by atoms with van der Waals surface area (Å²) in [5, 5.41) is 1.31.